The summed E-state index contributed by atoms with van der Waals surface area (Å²) in [6.45, 7) is 5.34. The van der Waals surface area contributed by atoms with Crippen LogP contribution in [-0.4, -0.2) is 41.2 Å². The van der Waals surface area contributed by atoms with Gasteiger partial charge in [-0.3, -0.25) is 19.3 Å². The van der Waals surface area contributed by atoms with Crippen molar-refractivity contribution in [2.24, 2.45) is 0 Å². The number of para-hydroxylation sites is 1. The molecule has 0 bridgehead atoms. The Labute approximate surface area is 205 Å². The lowest BCUT2D eigenvalue weighted by Crippen LogP contribution is -2.42. The van der Waals surface area contributed by atoms with Gasteiger partial charge in [0, 0.05) is 6.04 Å². The lowest BCUT2D eigenvalue weighted by molar-refractivity contribution is -0.133. The molecule has 1 saturated carbocycles. The van der Waals surface area contributed by atoms with Crippen molar-refractivity contribution in [3.05, 3.63) is 65.2 Å². The minimum Gasteiger partial charge on any atom is -0.349 e. The van der Waals surface area contributed by atoms with Crippen LogP contribution in [0.15, 0.2) is 48.5 Å². The maximum Gasteiger partial charge on any atom is 0.325 e. The normalized spacial score (nSPS) is 20.3. The average molecular weight is 477 g/mol. The van der Waals surface area contributed by atoms with E-state index in [0.717, 1.165) is 36.1 Å². The molecule has 2 aliphatic rings. The molecule has 2 aromatic carbocycles. The molecule has 1 unspecified atom stereocenters. The molecule has 1 heterocycles. The topological polar surface area (TPSA) is 108 Å². The molecule has 0 spiro atoms. The average Bonchev–Trinajstić information content (AvgIpc) is 3.42. The van der Waals surface area contributed by atoms with Crippen LogP contribution < -0.4 is 16.0 Å². The highest BCUT2D eigenvalue weighted by Crippen LogP contribution is 2.30. The molecule has 3 N–H and O–H groups in total. The van der Waals surface area contributed by atoms with Gasteiger partial charge in [-0.25, -0.2) is 4.79 Å². The fraction of sp³-hybridized carbons (Fsp3) is 0.407. The molecule has 8 heteroatoms. The third-order valence-corrected chi connectivity index (χ3v) is 6.87. The summed E-state index contributed by atoms with van der Waals surface area (Å²) in [6, 6.07) is 13.8. The summed E-state index contributed by atoms with van der Waals surface area (Å²) >= 11 is 0. The van der Waals surface area contributed by atoms with Gasteiger partial charge in [-0.05, 0) is 48.9 Å². The Kier molecular flexibility index (Phi) is 6.91. The second-order valence-corrected chi connectivity index (χ2v) is 9.77. The predicted octanol–water partition coefficient (Wildman–Crippen LogP) is 3.89. The van der Waals surface area contributed by atoms with Gasteiger partial charge in [0.2, 0.25) is 5.91 Å². The number of nitrogens with zero attached hydrogens (tertiary/aromatic N) is 1. The second kappa shape index (κ2) is 9.90. The van der Waals surface area contributed by atoms with Crippen LogP contribution in [0.4, 0.5) is 10.5 Å². The van der Waals surface area contributed by atoms with Crippen LogP contribution in [0.3, 0.4) is 0 Å². The van der Waals surface area contributed by atoms with E-state index in [-0.39, 0.29) is 11.9 Å². The second-order valence-electron chi connectivity index (χ2n) is 9.77. The van der Waals surface area contributed by atoms with E-state index in [9.17, 15) is 19.2 Å². The molecule has 35 heavy (non-hydrogen) atoms. The van der Waals surface area contributed by atoms with Crippen molar-refractivity contribution in [3.8, 4) is 0 Å². The van der Waals surface area contributed by atoms with Gasteiger partial charge in [0.1, 0.15) is 12.1 Å². The number of anilines is 1. The van der Waals surface area contributed by atoms with Crippen molar-refractivity contribution in [1.29, 1.82) is 0 Å². The molecule has 1 atom stereocenters. The number of nitrogens with one attached hydrogen (secondary N) is 3. The maximum atomic E-state index is 13.2. The number of carbonyl (C=O) groups is 4. The smallest absolute Gasteiger partial charge is 0.325 e. The van der Waals surface area contributed by atoms with Gasteiger partial charge in [-0.1, -0.05) is 63.1 Å². The molecule has 1 aliphatic heterocycles. The van der Waals surface area contributed by atoms with Crippen molar-refractivity contribution in [2.45, 2.75) is 64.0 Å². The first-order chi connectivity index (χ1) is 16.7. The summed E-state index contributed by atoms with van der Waals surface area (Å²) < 4.78 is 0. The van der Waals surface area contributed by atoms with E-state index in [1.165, 1.54) is 0 Å². The number of benzene rings is 2. The van der Waals surface area contributed by atoms with Crippen molar-refractivity contribution in [3.63, 3.8) is 0 Å². The molecule has 1 saturated heterocycles. The van der Waals surface area contributed by atoms with E-state index in [1.54, 1.807) is 31.2 Å². The number of imide groups is 1. The third-order valence-electron chi connectivity index (χ3n) is 6.87. The van der Waals surface area contributed by atoms with E-state index in [4.69, 9.17) is 0 Å². The summed E-state index contributed by atoms with van der Waals surface area (Å²) in [5.74, 6) is -0.967. The van der Waals surface area contributed by atoms with Crippen LogP contribution in [0.1, 0.15) is 73.9 Å². The maximum absolute atomic E-state index is 13.2. The van der Waals surface area contributed by atoms with Crippen molar-refractivity contribution in [2.75, 3.05) is 11.9 Å². The van der Waals surface area contributed by atoms with Gasteiger partial charge in [0.25, 0.3) is 11.8 Å². The van der Waals surface area contributed by atoms with Gasteiger partial charge >= 0.3 is 6.03 Å². The molecule has 4 rings (SSSR count). The zero-order valence-corrected chi connectivity index (χ0v) is 20.4. The van der Waals surface area contributed by atoms with E-state index >= 15 is 0 Å². The van der Waals surface area contributed by atoms with Gasteiger partial charge in [-0.2, -0.15) is 0 Å². The molecule has 2 fully saturated rings. The van der Waals surface area contributed by atoms with Gasteiger partial charge in [-0.15, -0.1) is 0 Å². The summed E-state index contributed by atoms with van der Waals surface area (Å²) in [6.07, 6.45) is 4.09. The Hall–Kier alpha value is -3.68. The molecule has 2 aromatic rings. The van der Waals surface area contributed by atoms with Crippen LogP contribution in [-0.2, 0) is 15.1 Å². The minimum atomic E-state index is -1.26. The Morgan fingerprint density at radius 2 is 1.71 bits per heavy atom. The molecular weight excluding hydrogens is 444 g/mol. The first kappa shape index (κ1) is 24.4. The lowest BCUT2D eigenvalue weighted by atomic mass is 9.90. The van der Waals surface area contributed by atoms with E-state index in [1.807, 2.05) is 24.3 Å². The van der Waals surface area contributed by atoms with Crippen LogP contribution >= 0.6 is 0 Å². The predicted molar refractivity (Wildman–Crippen MR) is 133 cm³/mol. The first-order valence-electron chi connectivity index (χ1n) is 12.1. The number of hydrogen-bond donors (Lipinski definition) is 3. The Morgan fingerprint density at radius 1 is 1.06 bits per heavy atom. The zero-order valence-electron chi connectivity index (χ0n) is 20.4. The van der Waals surface area contributed by atoms with E-state index in [0.29, 0.717) is 22.7 Å². The Balaban J connectivity index is 1.44. The molecule has 184 valence electrons. The fourth-order valence-corrected chi connectivity index (χ4v) is 4.69. The lowest BCUT2D eigenvalue weighted by Gasteiger charge is -2.23. The van der Waals surface area contributed by atoms with Crippen molar-refractivity contribution < 1.29 is 19.2 Å². The summed E-state index contributed by atoms with van der Waals surface area (Å²) in [5.41, 5.74) is 1.21. The van der Waals surface area contributed by atoms with Crippen LogP contribution in [0.5, 0.6) is 0 Å². The van der Waals surface area contributed by atoms with Crippen molar-refractivity contribution in [1.82, 2.24) is 15.5 Å². The van der Waals surface area contributed by atoms with E-state index < -0.39 is 29.9 Å². The number of rotatable bonds is 7. The molecule has 0 aromatic heterocycles. The molecule has 0 radical (unpaired) electrons. The standard InChI is InChI=1S/C27H32N4O4/c1-17(2)18-12-14-19(15-13-18)27(3)25(34)31(26(35)30-27)16-23(32)29-22-11-7-6-10-21(22)24(33)28-20-8-4-5-9-20/h6-7,10-15,17,20H,4-5,8-9,16H2,1-3H3,(H,28,33)(H,29,32)(H,30,35). The SMILES string of the molecule is CC(C)c1ccc(C2(C)NC(=O)N(CC(=O)Nc3ccccc3C(=O)NC3CCCC3)C2=O)cc1. The summed E-state index contributed by atoms with van der Waals surface area (Å²) in [4.78, 5) is 52.4. The molecular formula is C27H32N4O4. The highest BCUT2D eigenvalue weighted by Gasteiger charge is 2.49. The van der Waals surface area contributed by atoms with Crippen LogP contribution in [0, 0.1) is 0 Å². The van der Waals surface area contributed by atoms with E-state index in [2.05, 4.69) is 29.8 Å². The Morgan fingerprint density at radius 3 is 2.37 bits per heavy atom. The molecule has 8 nitrogen and oxygen atoms in total. The number of urea groups is 1. The van der Waals surface area contributed by atoms with Gasteiger partial charge in [0.15, 0.2) is 0 Å². The van der Waals surface area contributed by atoms with Gasteiger partial charge in [0.05, 0.1) is 11.3 Å². The van der Waals surface area contributed by atoms with Crippen molar-refractivity contribution >= 4 is 29.4 Å². The number of carbonyl (C=O) groups excluding carboxylic acids is 4. The monoisotopic (exact) mass is 476 g/mol. The highest BCUT2D eigenvalue weighted by atomic mass is 16.2. The third kappa shape index (κ3) is 5.06. The Bertz CT molecular complexity index is 1140. The fourth-order valence-electron chi connectivity index (χ4n) is 4.69. The quantitative estimate of drug-likeness (QED) is 0.527. The molecule has 5 amide bonds. The summed E-state index contributed by atoms with van der Waals surface area (Å²) in [5, 5.41) is 8.44. The van der Waals surface area contributed by atoms with Crippen LogP contribution in [0.25, 0.3) is 0 Å². The highest BCUT2D eigenvalue weighted by molar-refractivity contribution is 6.11. The van der Waals surface area contributed by atoms with Crippen LogP contribution in [0.2, 0.25) is 0 Å². The minimum absolute atomic E-state index is 0.143. The summed E-state index contributed by atoms with van der Waals surface area (Å²) in [7, 11) is 0. The zero-order chi connectivity index (χ0) is 25.2. The number of amides is 5. The molecule has 1 aliphatic carbocycles. The van der Waals surface area contributed by atoms with Gasteiger partial charge < -0.3 is 16.0 Å². The number of hydrogen-bond acceptors (Lipinski definition) is 4. The first-order valence-corrected chi connectivity index (χ1v) is 12.1. The largest absolute Gasteiger partial charge is 0.349 e.